The number of rotatable bonds is 3. The highest BCUT2D eigenvalue weighted by Gasteiger charge is 2.20. The van der Waals surface area contributed by atoms with E-state index in [4.69, 9.17) is 4.98 Å². The first-order valence-corrected chi connectivity index (χ1v) is 6.77. The molecule has 0 bridgehead atoms. The quantitative estimate of drug-likeness (QED) is 0.899. The van der Waals surface area contributed by atoms with Crippen LogP contribution in [0.1, 0.15) is 32.1 Å². The van der Waals surface area contributed by atoms with E-state index in [1.165, 1.54) is 17.8 Å². The Kier molecular flexibility index (Phi) is 3.04. The van der Waals surface area contributed by atoms with Crippen molar-refractivity contribution in [3.8, 4) is 0 Å². The summed E-state index contributed by atoms with van der Waals surface area (Å²) in [5.74, 6) is 1.94. The lowest BCUT2D eigenvalue weighted by atomic mass is 10.0. The number of aromatic nitrogens is 3. The third-order valence-electron chi connectivity index (χ3n) is 3.71. The van der Waals surface area contributed by atoms with Crippen LogP contribution in [0, 0.1) is 5.92 Å². The van der Waals surface area contributed by atoms with Crippen LogP contribution in [-0.2, 0) is 6.42 Å². The van der Waals surface area contributed by atoms with Crippen LogP contribution in [0.2, 0.25) is 0 Å². The zero-order valence-electron chi connectivity index (χ0n) is 11.1. The fraction of sp³-hybridized carbons (Fsp3) is 0.571. The fourth-order valence-electron chi connectivity index (χ4n) is 2.87. The van der Waals surface area contributed by atoms with Crippen molar-refractivity contribution < 1.29 is 0 Å². The van der Waals surface area contributed by atoms with Gasteiger partial charge in [0.25, 0.3) is 0 Å². The van der Waals surface area contributed by atoms with E-state index in [0.29, 0.717) is 6.04 Å². The van der Waals surface area contributed by atoms with E-state index in [9.17, 15) is 0 Å². The highest BCUT2D eigenvalue weighted by Crippen LogP contribution is 2.23. The van der Waals surface area contributed by atoms with Crippen LogP contribution >= 0.6 is 0 Å². The van der Waals surface area contributed by atoms with Crippen molar-refractivity contribution in [2.24, 2.45) is 5.92 Å². The molecule has 0 aromatic carbocycles. The number of nitrogens with zero attached hydrogens (tertiary/aromatic N) is 3. The lowest BCUT2D eigenvalue weighted by molar-refractivity contribution is 0.514. The molecule has 0 saturated carbocycles. The molecule has 1 aliphatic heterocycles. The molecular formula is C14H20N4. The summed E-state index contributed by atoms with van der Waals surface area (Å²) < 4.78 is 2.36. The lowest BCUT2D eigenvalue weighted by Gasteiger charge is -2.15. The highest BCUT2D eigenvalue weighted by atomic mass is 15.1. The maximum absolute atomic E-state index is 4.77. The summed E-state index contributed by atoms with van der Waals surface area (Å²) in [5.41, 5.74) is 2.23. The SMILES string of the molecule is CC(C)n1c(CC2CCNC2)nc2cnccc21. The van der Waals surface area contributed by atoms with Crippen molar-refractivity contribution in [3.05, 3.63) is 24.3 Å². The van der Waals surface area contributed by atoms with Crippen molar-refractivity contribution >= 4 is 11.0 Å². The minimum Gasteiger partial charge on any atom is -0.325 e. The largest absolute Gasteiger partial charge is 0.325 e. The summed E-state index contributed by atoms with van der Waals surface area (Å²) in [6.45, 7) is 6.71. The second-order valence-electron chi connectivity index (χ2n) is 5.42. The molecule has 0 amide bonds. The summed E-state index contributed by atoms with van der Waals surface area (Å²) in [4.78, 5) is 8.94. The van der Waals surface area contributed by atoms with Gasteiger partial charge in [0.1, 0.15) is 11.3 Å². The number of nitrogens with one attached hydrogen (secondary N) is 1. The van der Waals surface area contributed by atoms with Crippen molar-refractivity contribution in [2.45, 2.75) is 32.7 Å². The maximum atomic E-state index is 4.77. The lowest BCUT2D eigenvalue weighted by Crippen LogP contribution is -2.14. The molecule has 4 nitrogen and oxygen atoms in total. The van der Waals surface area contributed by atoms with E-state index < -0.39 is 0 Å². The summed E-state index contributed by atoms with van der Waals surface area (Å²) in [7, 11) is 0. The Hall–Kier alpha value is -1.42. The van der Waals surface area contributed by atoms with E-state index in [1.807, 2.05) is 12.4 Å². The van der Waals surface area contributed by atoms with E-state index in [0.717, 1.165) is 30.9 Å². The van der Waals surface area contributed by atoms with Gasteiger partial charge in [-0.2, -0.15) is 0 Å². The van der Waals surface area contributed by atoms with Gasteiger partial charge >= 0.3 is 0 Å². The number of pyridine rings is 1. The fourth-order valence-corrected chi connectivity index (χ4v) is 2.87. The Bertz CT molecular complexity index is 538. The maximum Gasteiger partial charge on any atom is 0.110 e. The Morgan fingerprint density at radius 1 is 1.50 bits per heavy atom. The average molecular weight is 244 g/mol. The number of imidazole rings is 1. The first-order chi connectivity index (χ1) is 8.75. The van der Waals surface area contributed by atoms with Gasteiger partial charge in [-0.1, -0.05) is 0 Å². The van der Waals surface area contributed by atoms with Gasteiger partial charge in [0.2, 0.25) is 0 Å². The minimum atomic E-state index is 0.446. The number of fused-ring (bicyclic) bond motifs is 1. The van der Waals surface area contributed by atoms with Gasteiger partial charge in [0.15, 0.2) is 0 Å². The first-order valence-electron chi connectivity index (χ1n) is 6.77. The molecule has 3 heterocycles. The van der Waals surface area contributed by atoms with E-state index >= 15 is 0 Å². The Morgan fingerprint density at radius 2 is 2.39 bits per heavy atom. The van der Waals surface area contributed by atoms with Gasteiger partial charge in [-0.15, -0.1) is 0 Å². The molecule has 1 aliphatic rings. The van der Waals surface area contributed by atoms with Crippen molar-refractivity contribution in [1.29, 1.82) is 0 Å². The molecule has 0 radical (unpaired) electrons. The molecular weight excluding hydrogens is 224 g/mol. The molecule has 1 N–H and O–H groups in total. The smallest absolute Gasteiger partial charge is 0.110 e. The van der Waals surface area contributed by atoms with Crippen molar-refractivity contribution in [2.75, 3.05) is 13.1 Å². The second kappa shape index (κ2) is 4.69. The highest BCUT2D eigenvalue weighted by molar-refractivity contribution is 5.74. The van der Waals surface area contributed by atoms with Gasteiger partial charge in [0, 0.05) is 18.7 Å². The molecule has 1 saturated heterocycles. The number of hydrogen-bond acceptors (Lipinski definition) is 3. The van der Waals surface area contributed by atoms with Gasteiger partial charge in [-0.3, -0.25) is 4.98 Å². The van der Waals surface area contributed by atoms with Gasteiger partial charge < -0.3 is 9.88 Å². The van der Waals surface area contributed by atoms with Crippen LogP contribution in [-0.4, -0.2) is 27.6 Å². The summed E-state index contributed by atoms with van der Waals surface area (Å²) >= 11 is 0. The van der Waals surface area contributed by atoms with E-state index in [1.54, 1.807) is 0 Å². The summed E-state index contributed by atoms with van der Waals surface area (Å²) in [5, 5.41) is 3.43. The van der Waals surface area contributed by atoms with Crippen LogP contribution in [0.3, 0.4) is 0 Å². The summed E-state index contributed by atoms with van der Waals surface area (Å²) in [6, 6.07) is 2.51. The Morgan fingerprint density at radius 3 is 3.11 bits per heavy atom. The molecule has 2 aromatic rings. The Labute approximate surface area is 107 Å². The molecule has 1 unspecified atom stereocenters. The van der Waals surface area contributed by atoms with Gasteiger partial charge in [-0.25, -0.2) is 4.98 Å². The molecule has 0 aliphatic carbocycles. The summed E-state index contributed by atoms with van der Waals surface area (Å²) in [6.07, 6.45) is 6.05. The van der Waals surface area contributed by atoms with Gasteiger partial charge in [-0.05, 0) is 45.3 Å². The molecule has 1 atom stereocenters. The zero-order chi connectivity index (χ0) is 12.5. The Balaban J connectivity index is 2.01. The normalized spacial score (nSPS) is 20.1. The van der Waals surface area contributed by atoms with E-state index in [2.05, 4.69) is 34.8 Å². The van der Waals surface area contributed by atoms with Crippen LogP contribution in [0.5, 0.6) is 0 Å². The minimum absolute atomic E-state index is 0.446. The van der Waals surface area contributed by atoms with Crippen molar-refractivity contribution in [3.63, 3.8) is 0 Å². The third-order valence-corrected chi connectivity index (χ3v) is 3.71. The molecule has 3 rings (SSSR count). The molecule has 0 spiro atoms. The van der Waals surface area contributed by atoms with Gasteiger partial charge in [0.05, 0.1) is 11.7 Å². The van der Waals surface area contributed by atoms with E-state index in [-0.39, 0.29) is 0 Å². The molecule has 18 heavy (non-hydrogen) atoms. The topological polar surface area (TPSA) is 42.7 Å². The number of hydrogen-bond donors (Lipinski definition) is 1. The van der Waals surface area contributed by atoms with Crippen molar-refractivity contribution in [1.82, 2.24) is 19.9 Å². The molecule has 1 fully saturated rings. The zero-order valence-corrected chi connectivity index (χ0v) is 11.1. The standard InChI is InChI=1S/C14H20N4/c1-10(2)18-13-4-6-16-9-12(13)17-14(18)7-11-3-5-15-8-11/h4,6,9-11,15H,3,5,7-8H2,1-2H3. The monoisotopic (exact) mass is 244 g/mol. The van der Waals surface area contributed by atoms with Crippen LogP contribution in [0.15, 0.2) is 18.5 Å². The van der Waals surface area contributed by atoms with Crippen LogP contribution in [0.25, 0.3) is 11.0 Å². The molecule has 96 valence electrons. The second-order valence-corrected chi connectivity index (χ2v) is 5.42. The average Bonchev–Trinajstić information content (AvgIpc) is 2.95. The van der Waals surface area contributed by atoms with Crippen LogP contribution < -0.4 is 5.32 Å². The predicted molar refractivity (Wildman–Crippen MR) is 72.6 cm³/mol. The van der Waals surface area contributed by atoms with Crippen LogP contribution in [0.4, 0.5) is 0 Å². The molecule has 2 aromatic heterocycles. The first kappa shape index (κ1) is 11.7. The predicted octanol–water partition coefficient (Wildman–Crippen LogP) is 2.16. The third kappa shape index (κ3) is 2.01. The molecule has 4 heteroatoms.